The van der Waals surface area contributed by atoms with E-state index in [1.54, 1.807) is 0 Å². The Labute approximate surface area is 147 Å². The van der Waals surface area contributed by atoms with E-state index in [-0.39, 0.29) is 11.6 Å². The van der Waals surface area contributed by atoms with Crippen LogP contribution in [-0.4, -0.2) is 31.4 Å². The van der Waals surface area contributed by atoms with Gasteiger partial charge in [0.2, 0.25) is 0 Å². The first kappa shape index (κ1) is 23.1. The molecule has 0 atom stereocenters. The van der Waals surface area contributed by atoms with Gasteiger partial charge in [-0.1, -0.05) is 0 Å². The van der Waals surface area contributed by atoms with Gasteiger partial charge in [0, 0.05) is 0 Å². The molecule has 0 saturated heterocycles. The molecular formula is C17H34O5Zr. The van der Waals surface area contributed by atoms with Crippen LogP contribution in [0.3, 0.4) is 0 Å². The van der Waals surface area contributed by atoms with Crippen LogP contribution in [-0.2, 0) is 39.6 Å². The summed E-state index contributed by atoms with van der Waals surface area (Å²) in [4.78, 5) is 24.2. The molecule has 0 aromatic rings. The van der Waals surface area contributed by atoms with E-state index in [0.29, 0.717) is 19.8 Å². The zero-order valence-corrected chi connectivity index (χ0v) is 17.9. The number of ketones is 2. The summed E-state index contributed by atoms with van der Waals surface area (Å²) in [6, 6.07) is 0. The minimum absolute atomic E-state index is 0.196. The summed E-state index contributed by atoms with van der Waals surface area (Å²) in [5.41, 5.74) is 0. The number of unbranched alkanes of at least 4 members (excludes halogenated alkanes) is 3. The van der Waals surface area contributed by atoms with Crippen LogP contribution < -0.4 is 0 Å². The average Bonchev–Trinajstić information content (AvgIpc) is 2.47. The molecule has 0 heterocycles. The molecule has 0 saturated carbocycles. The van der Waals surface area contributed by atoms with Gasteiger partial charge in [-0.15, -0.1) is 0 Å². The Morgan fingerprint density at radius 1 is 0.739 bits per heavy atom. The second-order valence-corrected chi connectivity index (χ2v) is 12.4. The molecule has 5 nitrogen and oxygen atoms in total. The van der Waals surface area contributed by atoms with E-state index in [9.17, 15) is 9.59 Å². The van der Waals surface area contributed by atoms with Crippen molar-refractivity contribution in [2.75, 3.05) is 19.8 Å². The number of hydrogen-bond donors (Lipinski definition) is 0. The van der Waals surface area contributed by atoms with E-state index in [0.717, 1.165) is 38.5 Å². The summed E-state index contributed by atoms with van der Waals surface area (Å²) in [5.74, 6) is -0.393. The van der Waals surface area contributed by atoms with Gasteiger partial charge in [0.05, 0.1) is 0 Å². The molecule has 0 bridgehead atoms. The van der Waals surface area contributed by atoms with Crippen molar-refractivity contribution in [3.63, 3.8) is 0 Å². The van der Waals surface area contributed by atoms with Gasteiger partial charge in [-0.25, -0.2) is 0 Å². The molecule has 0 aliphatic carbocycles. The Kier molecular flexibility index (Phi) is 13.5. The Balaban J connectivity index is 5.37. The number of carbonyl (C=O) groups is 2. The van der Waals surface area contributed by atoms with Crippen LogP contribution in [0.2, 0.25) is 3.63 Å². The zero-order valence-electron chi connectivity index (χ0n) is 15.5. The summed E-state index contributed by atoms with van der Waals surface area (Å²) in [7, 11) is 0. The molecule has 0 aliphatic heterocycles. The van der Waals surface area contributed by atoms with Crippen LogP contribution in [0.15, 0.2) is 0 Å². The summed E-state index contributed by atoms with van der Waals surface area (Å²) >= 11 is -4.27. The molecule has 6 heteroatoms. The molecule has 0 radical (unpaired) electrons. The van der Waals surface area contributed by atoms with Crippen LogP contribution in [0.4, 0.5) is 0 Å². The molecule has 0 aromatic heterocycles. The maximum absolute atomic E-state index is 12.1. The molecule has 0 unspecified atom stereocenters. The van der Waals surface area contributed by atoms with E-state index >= 15 is 0 Å². The topological polar surface area (TPSA) is 61.8 Å². The van der Waals surface area contributed by atoms with Crippen LogP contribution in [0.1, 0.15) is 73.1 Å². The molecule has 0 aromatic carbocycles. The van der Waals surface area contributed by atoms with Crippen LogP contribution in [0, 0.1) is 0 Å². The standard InChI is InChI=1S/C5H7O2.3C4H9O.Zr/c1-4(6)3-5(2)7;3*1-2-3-4-5;/h3H,1-2H3;3*2-4H2,1H3;/q;3*-1;+3. The molecule has 0 N–H and O–H groups in total. The van der Waals surface area contributed by atoms with Gasteiger partial charge in [0.15, 0.2) is 0 Å². The fourth-order valence-electron chi connectivity index (χ4n) is 2.24. The van der Waals surface area contributed by atoms with Gasteiger partial charge in [-0.05, 0) is 0 Å². The predicted octanol–water partition coefficient (Wildman–Crippen LogP) is 4.30. The van der Waals surface area contributed by atoms with Crippen molar-refractivity contribution in [2.45, 2.75) is 76.8 Å². The van der Waals surface area contributed by atoms with Gasteiger partial charge >= 0.3 is 148 Å². The Bertz CT molecular complexity index is 305. The van der Waals surface area contributed by atoms with Gasteiger partial charge in [0.25, 0.3) is 0 Å². The van der Waals surface area contributed by atoms with Crippen molar-refractivity contribution < 1.29 is 39.6 Å². The van der Waals surface area contributed by atoms with Crippen molar-refractivity contribution in [3.8, 4) is 0 Å². The molecule has 0 rings (SSSR count). The van der Waals surface area contributed by atoms with Gasteiger partial charge < -0.3 is 0 Å². The monoisotopic (exact) mass is 408 g/mol. The summed E-state index contributed by atoms with van der Waals surface area (Å²) in [5, 5.41) is 0. The van der Waals surface area contributed by atoms with E-state index < -0.39 is 25.2 Å². The second kappa shape index (κ2) is 13.4. The maximum atomic E-state index is 12.1. The molecule has 0 spiro atoms. The summed E-state index contributed by atoms with van der Waals surface area (Å²) in [6.07, 6.45) is 5.56. The van der Waals surface area contributed by atoms with Crippen molar-refractivity contribution in [1.29, 1.82) is 0 Å². The first-order valence-electron chi connectivity index (χ1n) is 8.87. The first-order chi connectivity index (χ1) is 10.9. The summed E-state index contributed by atoms with van der Waals surface area (Å²) in [6.45, 7) is 10.6. The van der Waals surface area contributed by atoms with Crippen LogP contribution >= 0.6 is 0 Å². The third-order valence-electron chi connectivity index (χ3n) is 3.57. The Morgan fingerprint density at radius 3 is 1.26 bits per heavy atom. The number of rotatable bonds is 15. The van der Waals surface area contributed by atoms with E-state index in [4.69, 9.17) is 8.44 Å². The van der Waals surface area contributed by atoms with E-state index in [2.05, 4.69) is 20.8 Å². The van der Waals surface area contributed by atoms with Gasteiger partial charge in [-0.2, -0.15) is 0 Å². The Hall–Kier alpha value is 0.103. The van der Waals surface area contributed by atoms with E-state index in [1.807, 2.05) is 0 Å². The molecule has 0 aliphatic rings. The molecule has 0 fully saturated rings. The molecule has 0 amide bonds. The fourth-order valence-corrected chi connectivity index (χ4v) is 9.69. The predicted molar refractivity (Wildman–Crippen MR) is 87.7 cm³/mol. The van der Waals surface area contributed by atoms with Crippen LogP contribution in [0.25, 0.3) is 0 Å². The SMILES string of the molecule is CCCC[O][Zr]([O]CCCC)([O]CCCC)[CH](C(C)=O)C(C)=O. The fraction of sp³-hybridized carbons (Fsp3) is 0.882. The molecule has 23 heavy (non-hydrogen) atoms. The number of hydrogen-bond acceptors (Lipinski definition) is 5. The Morgan fingerprint density at radius 2 is 1.04 bits per heavy atom. The molecular weight excluding hydrogens is 375 g/mol. The average molecular weight is 410 g/mol. The number of Topliss-reactive ketones (excluding diaryl/α,β-unsaturated/α-hetero) is 2. The minimum atomic E-state index is -4.27. The van der Waals surface area contributed by atoms with Crippen molar-refractivity contribution in [2.24, 2.45) is 0 Å². The normalized spacial score (nSPS) is 11.9. The van der Waals surface area contributed by atoms with Crippen molar-refractivity contribution in [3.05, 3.63) is 0 Å². The van der Waals surface area contributed by atoms with Gasteiger partial charge in [-0.3, -0.25) is 0 Å². The summed E-state index contributed by atoms with van der Waals surface area (Å²) < 4.78 is 17.4. The quantitative estimate of drug-likeness (QED) is 0.298. The van der Waals surface area contributed by atoms with Crippen molar-refractivity contribution in [1.82, 2.24) is 0 Å². The molecule has 136 valence electrons. The first-order valence-corrected chi connectivity index (χ1v) is 13.3. The second-order valence-electron chi connectivity index (χ2n) is 5.86. The third kappa shape index (κ3) is 8.67. The van der Waals surface area contributed by atoms with E-state index in [1.165, 1.54) is 13.8 Å². The van der Waals surface area contributed by atoms with Crippen LogP contribution in [0.5, 0.6) is 0 Å². The number of carbonyl (C=O) groups excluding carboxylic acids is 2. The third-order valence-corrected chi connectivity index (χ3v) is 11.8. The van der Waals surface area contributed by atoms with Gasteiger partial charge in [0.1, 0.15) is 0 Å². The van der Waals surface area contributed by atoms with Crippen molar-refractivity contribution >= 4 is 11.6 Å². The zero-order chi connectivity index (χ0) is 17.7.